The Hall–Kier alpha value is -2.79. The molecule has 3 aromatic carbocycles. The fraction of sp³-hybridized carbons (Fsp3) is 0.136. The summed E-state index contributed by atoms with van der Waals surface area (Å²) in [6.07, 6.45) is -0.611. The lowest BCUT2D eigenvalue weighted by molar-refractivity contribution is -0.122. The van der Waals surface area contributed by atoms with E-state index in [1.807, 2.05) is 78.9 Å². The van der Waals surface area contributed by atoms with Crippen molar-refractivity contribution in [1.82, 2.24) is 0 Å². The molecular formula is C22H20BrNO3. The fourth-order valence-electron chi connectivity index (χ4n) is 2.39. The van der Waals surface area contributed by atoms with Crippen molar-refractivity contribution in [3.05, 3.63) is 88.9 Å². The highest BCUT2D eigenvalue weighted by Gasteiger charge is 2.15. The molecule has 0 aliphatic heterocycles. The Morgan fingerprint density at radius 3 is 2.22 bits per heavy atom. The molecule has 0 fully saturated rings. The van der Waals surface area contributed by atoms with Crippen molar-refractivity contribution in [2.24, 2.45) is 0 Å². The van der Waals surface area contributed by atoms with Crippen molar-refractivity contribution in [3.63, 3.8) is 0 Å². The third-order valence-corrected chi connectivity index (χ3v) is 4.39. The molecule has 0 aromatic heterocycles. The van der Waals surface area contributed by atoms with Gasteiger partial charge in [0, 0.05) is 10.2 Å². The summed E-state index contributed by atoms with van der Waals surface area (Å²) >= 11 is 3.37. The van der Waals surface area contributed by atoms with Crippen molar-refractivity contribution in [3.8, 4) is 11.5 Å². The van der Waals surface area contributed by atoms with Gasteiger partial charge in [0.25, 0.3) is 5.91 Å². The van der Waals surface area contributed by atoms with Crippen LogP contribution in [-0.4, -0.2) is 12.0 Å². The number of benzene rings is 3. The molecule has 1 N–H and O–H groups in total. The van der Waals surface area contributed by atoms with Crippen molar-refractivity contribution in [2.45, 2.75) is 19.6 Å². The number of rotatable bonds is 7. The zero-order valence-corrected chi connectivity index (χ0v) is 16.5. The molecule has 0 aliphatic carbocycles. The second-order valence-electron chi connectivity index (χ2n) is 6.00. The van der Waals surface area contributed by atoms with E-state index in [0.717, 1.165) is 15.8 Å². The molecule has 4 nitrogen and oxygen atoms in total. The maximum absolute atomic E-state index is 12.3. The highest BCUT2D eigenvalue weighted by molar-refractivity contribution is 9.10. The monoisotopic (exact) mass is 425 g/mol. The summed E-state index contributed by atoms with van der Waals surface area (Å²) in [5, 5.41) is 2.85. The molecule has 5 heteroatoms. The molecular weight excluding hydrogens is 406 g/mol. The van der Waals surface area contributed by atoms with Crippen LogP contribution in [0.25, 0.3) is 0 Å². The van der Waals surface area contributed by atoms with Gasteiger partial charge in [-0.05, 0) is 61.0 Å². The number of carbonyl (C=O) groups excluding carboxylic acids is 1. The first-order valence-electron chi connectivity index (χ1n) is 8.60. The SMILES string of the molecule is C[C@H](Oc1ccc(Br)cc1)C(=O)Nc1ccc(OCc2ccccc2)cc1. The van der Waals surface area contributed by atoms with Crippen LogP contribution < -0.4 is 14.8 Å². The van der Waals surface area contributed by atoms with Gasteiger partial charge in [0.2, 0.25) is 0 Å². The molecule has 0 saturated heterocycles. The maximum atomic E-state index is 12.3. The maximum Gasteiger partial charge on any atom is 0.265 e. The van der Waals surface area contributed by atoms with E-state index in [0.29, 0.717) is 18.0 Å². The Labute approximate surface area is 167 Å². The largest absolute Gasteiger partial charge is 0.489 e. The quantitative estimate of drug-likeness (QED) is 0.548. The van der Waals surface area contributed by atoms with Crippen molar-refractivity contribution in [1.29, 1.82) is 0 Å². The van der Waals surface area contributed by atoms with E-state index in [2.05, 4.69) is 21.2 Å². The first-order chi connectivity index (χ1) is 13.1. The molecule has 0 radical (unpaired) electrons. The molecule has 138 valence electrons. The summed E-state index contributed by atoms with van der Waals surface area (Å²) in [5.41, 5.74) is 1.80. The predicted molar refractivity (Wildman–Crippen MR) is 110 cm³/mol. The number of amides is 1. The lowest BCUT2D eigenvalue weighted by atomic mass is 10.2. The Kier molecular flexibility index (Phi) is 6.49. The van der Waals surface area contributed by atoms with Gasteiger partial charge in [0.15, 0.2) is 6.10 Å². The molecule has 0 spiro atoms. The van der Waals surface area contributed by atoms with Crippen LogP contribution in [-0.2, 0) is 11.4 Å². The van der Waals surface area contributed by atoms with E-state index in [1.54, 1.807) is 6.92 Å². The molecule has 27 heavy (non-hydrogen) atoms. The minimum Gasteiger partial charge on any atom is -0.489 e. The molecule has 0 bridgehead atoms. The van der Waals surface area contributed by atoms with E-state index in [-0.39, 0.29) is 5.91 Å². The number of halogens is 1. The lowest BCUT2D eigenvalue weighted by Gasteiger charge is -2.15. The van der Waals surface area contributed by atoms with Gasteiger partial charge in [0.05, 0.1) is 0 Å². The predicted octanol–water partition coefficient (Wildman–Crippen LogP) is 5.43. The first-order valence-corrected chi connectivity index (χ1v) is 9.39. The topological polar surface area (TPSA) is 47.6 Å². The van der Waals surface area contributed by atoms with Crippen LogP contribution in [0.2, 0.25) is 0 Å². The Balaban J connectivity index is 1.51. The second-order valence-corrected chi connectivity index (χ2v) is 6.92. The van der Waals surface area contributed by atoms with Gasteiger partial charge in [-0.15, -0.1) is 0 Å². The summed E-state index contributed by atoms with van der Waals surface area (Å²) < 4.78 is 12.4. The summed E-state index contributed by atoms with van der Waals surface area (Å²) in [6.45, 7) is 2.22. The third-order valence-electron chi connectivity index (χ3n) is 3.87. The van der Waals surface area contributed by atoms with Crippen LogP contribution in [0.3, 0.4) is 0 Å². The highest BCUT2D eigenvalue weighted by Crippen LogP contribution is 2.19. The summed E-state index contributed by atoms with van der Waals surface area (Å²) in [5.74, 6) is 1.18. The number of nitrogens with one attached hydrogen (secondary N) is 1. The molecule has 1 atom stereocenters. The van der Waals surface area contributed by atoms with E-state index in [1.165, 1.54) is 0 Å². The van der Waals surface area contributed by atoms with Crippen molar-refractivity contribution >= 4 is 27.5 Å². The van der Waals surface area contributed by atoms with Gasteiger partial charge in [-0.2, -0.15) is 0 Å². The van der Waals surface area contributed by atoms with Gasteiger partial charge >= 0.3 is 0 Å². The van der Waals surface area contributed by atoms with Crippen LogP contribution in [0, 0.1) is 0 Å². The Morgan fingerprint density at radius 1 is 0.926 bits per heavy atom. The standard InChI is InChI=1S/C22H20BrNO3/c1-16(27-21-11-7-18(23)8-12-21)22(25)24-19-9-13-20(14-10-19)26-15-17-5-3-2-4-6-17/h2-14,16H,15H2,1H3,(H,24,25)/t16-/m0/s1. The normalized spacial score (nSPS) is 11.5. The summed E-state index contributed by atoms with van der Waals surface area (Å²) in [6, 6.07) is 24.6. The first kappa shape index (κ1) is 19.0. The molecule has 0 heterocycles. The molecule has 0 aliphatic rings. The molecule has 0 unspecified atom stereocenters. The smallest absolute Gasteiger partial charge is 0.265 e. The number of carbonyl (C=O) groups is 1. The van der Waals surface area contributed by atoms with Crippen LogP contribution in [0.5, 0.6) is 11.5 Å². The van der Waals surface area contributed by atoms with Crippen LogP contribution in [0.4, 0.5) is 5.69 Å². The zero-order chi connectivity index (χ0) is 19.1. The summed E-state index contributed by atoms with van der Waals surface area (Å²) in [4.78, 5) is 12.3. The number of ether oxygens (including phenoxy) is 2. The van der Waals surface area contributed by atoms with Gasteiger partial charge in [0.1, 0.15) is 18.1 Å². The third kappa shape index (κ3) is 5.86. The van der Waals surface area contributed by atoms with Crippen LogP contribution >= 0.6 is 15.9 Å². The van der Waals surface area contributed by atoms with Gasteiger partial charge in [-0.25, -0.2) is 0 Å². The molecule has 3 aromatic rings. The Bertz CT molecular complexity index is 864. The van der Waals surface area contributed by atoms with Gasteiger partial charge in [-0.3, -0.25) is 4.79 Å². The average Bonchev–Trinajstić information content (AvgIpc) is 2.70. The second kappa shape index (κ2) is 9.24. The summed E-state index contributed by atoms with van der Waals surface area (Å²) in [7, 11) is 0. The molecule has 0 saturated carbocycles. The lowest BCUT2D eigenvalue weighted by Crippen LogP contribution is -2.30. The Morgan fingerprint density at radius 2 is 1.56 bits per heavy atom. The van der Waals surface area contributed by atoms with Gasteiger partial charge in [-0.1, -0.05) is 46.3 Å². The molecule has 3 rings (SSSR count). The van der Waals surface area contributed by atoms with E-state index in [9.17, 15) is 4.79 Å². The number of anilines is 1. The number of hydrogen-bond acceptors (Lipinski definition) is 3. The fourth-order valence-corrected chi connectivity index (χ4v) is 2.65. The van der Waals surface area contributed by atoms with E-state index < -0.39 is 6.10 Å². The zero-order valence-electron chi connectivity index (χ0n) is 14.9. The van der Waals surface area contributed by atoms with Crippen molar-refractivity contribution in [2.75, 3.05) is 5.32 Å². The number of hydrogen-bond donors (Lipinski definition) is 1. The average molecular weight is 426 g/mol. The molecule has 1 amide bonds. The van der Waals surface area contributed by atoms with Crippen LogP contribution in [0.15, 0.2) is 83.3 Å². The highest BCUT2D eigenvalue weighted by atomic mass is 79.9. The minimum atomic E-state index is -0.611. The van der Waals surface area contributed by atoms with Crippen LogP contribution in [0.1, 0.15) is 12.5 Å². The minimum absolute atomic E-state index is 0.212. The van der Waals surface area contributed by atoms with Gasteiger partial charge < -0.3 is 14.8 Å². The van der Waals surface area contributed by atoms with E-state index >= 15 is 0 Å². The van der Waals surface area contributed by atoms with E-state index in [4.69, 9.17) is 9.47 Å². The van der Waals surface area contributed by atoms with Crippen molar-refractivity contribution < 1.29 is 14.3 Å².